The molecule has 0 aliphatic rings. The molecule has 0 atom stereocenters. The van der Waals surface area contributed by atoms with Gasteiger partial charge in [-0.15, -0.1) is 3.94 Å². The van der Waals surface area contributed by atoms with Gasteiger partial charge in [0, 0.05) is 23.6 Å². The summed E-state index contributed by atoms with van der Waals surface area (Å²) in [5.74, 6) is 0. The highest BCUT2D eigenvalue weighted by molar-refractivity contribution is 6.41. The van der Waals surface area contributed by atoms with E-state index in [4.69, 9.17) is 23.6 Å². The van der Waals surface area contributed by atoms with E-state index in [9.17, 15) is 14.9 Å². The van der Waals surface area contributed by atoms with E-state index in [0.29, 0.717) is 0 Å². The smallest absolute Gasteiger partial charge is 0.240 e. The zero-order chi connectivity index (χ0) is 9.02. The lowest BCUT2D eigenvalue weighted by molar-refractivity contribution is -0.632. The first-order valence-corrected chi connectivity index (χ1v) is 3.25. The van der Waals surface area contributed by atoms with Gasteiger partial charge < -0.3 is 0 Å². The molecule has 0 fully saturated rings. The second kappa shape index (κ2) is 4.20. The van der Waals surface area contributed by atoms with Crippen molar-refractivity contribution in [1.82, 2.24) is 8.95 Å². The van der Waals surface area contributed by atoms with Crippen molar-refractivity contribution < 1.29 is 9.83 Å². The van der Waals surface area contributed by atoms with Crippen LogP contribution >= 0.6 is 23.6 Å². The molecular formula is C3H5Cl2N3O3. The second-order valence-corrected chi connectivity index (χ2v) is 2.32. The third-order valence-corrected chi connectivity index (χ3v) is 1.15. The summed E-state index contributed by atoms with van der Waals surface area (Å²) in [4.78, 5) is 20.7. The first-order valence-electron chi connectivity index (χ1n) is 2.58. The van der Waals surface area contributed by atoms with Crippen molar-refractivity contribution in [3.8, 4) is 0 Å². The minimum atomic E-state index is -1.08. The third kappa shape index (κ3) is 2.77. The Kier molecular flexibility index (Phi) is 3.91. The van der Waals surface area contributed by atoms with E-state index in [0.717, 1.165) is 0 Å². The van der Waals surface area contributed by atoms with Crippen LogP contribution in [0.2, 0.25) is 0 Å². The molecule has 0 rings (SSSR count). The first kappa shape index (κ1) is 10.2. The standard InChI is InChI=1S/C3H5Cl2N3O3/c1-2-6(8(10)11)3(9)7(4)5/h2H2,1H3. The van der Waals surface area contributed by atoms with E-state index < -0.39 is 11.1 Å². The molecule has 64 valence electrons. The zero-order valence-electron chi connectivity index (χ0n) is 5.53. The van der Waals surface area contributed by atoms with E-state index >= 15 is 0 Å². The molecule has 6 nitrogen and oxygen atoms in total. The Balaban J connectivity index is 4.27. The molecule has 11 heavy (non-hydrogen) atoms. The van der Waals surface area contributed by atoms with E-state index in [-0.39, 0.29) is 15.5 Å². The molecule has 0 N–H and O–H groups in total. The molecule has 8 heteroatoms. The molecule has 0 saturated carbocycles. The number of halogens is 2. The number of hydrazine groups is 1. The summed E-state index contributed by atoms with van der Waals surface area (Å²) in [6, 6.07) is -1.08. The minimum Gasteiger partial charge on any atom is -0.240 e. The summed E-state index contributed by atoms with van der Waals surface area (Å²) in [6.45, 7) is 1.33. The van der Waals surface area contributed by atoms with Crippen LogP contribution in [-0.4, -0.2) is 26.6 Å². The number of rotatable bonds is 2. The Morgan fingerprint density at radius 3 is 2.18 bits per heavy atom. The predicted octanol–water partition coefficient (Wildman–Crippen LogP) is 1.23. The largest absolute Gasteiger partial charge is 0.407 e. The normalized spacial score (nSPS) is 9.00. The Morgan fingerprint density at radius 2 is 2.09 bits per heavy atom. The summed E-state index contributed by atoms with van der Waals surface area (Å²) < 4.78 is 0.103. The maximum Gasteiger partial charge on any atom is 0.407 e. The van der Waals surface area contributed by atoms with Gasteiger partial charge in [-0.1, -0.05) is 0 Å². The van der Waals surface area contributed by atoms with Gasteiger partial charge in [0.2, 0.25) is 0 Å². The van der Waals surface area contributed by atoms with Gasteiger partial charge in [-0.25, -0.2) is 14.9 Å². The van der Waals surface area contributed by atoms with Crippen molar-refractivity contribution >= 4 is 29.6 Å². The molecular weight excluding hydrogens is 197 g/mol. The lowest BCUT2D eigenvalue weighted by Gasteiger charge is -2.10. The Labute approximate surface area is 72.6 Å². The van der Waals surface area contributed by atoms with Gasteiger partial charge in [0.15, 0.2) is 5.03 Å². The van der Waals surface area contributed by atoms with E-state index in [1.807, 2.05) is 0 Å². The quantitative estimate of drug-likeness (QED) is 0.384. The van der Waals surface area contributed by atoms with Crippen molar-refractivity contribution in [3.05, 3.63) is 10.1 Å². The molecule has 0 heterocycles. The van der Waals surface area contributed by atoms with Crippen LogP contribution in [0.1, 0.15) is 6.92 Å². The highest BCUT2D eigenvalue weighted by Crippen LogP contribution is 2.05. The fourth-order valence-corrected chi connectivity index (χ4v) is 0.582. The second-order valence-electron chi connectivity index (χ2n) is 1.47. The van der Waals surface area contributed by atoms with Crippen molar-refractivity contribution in [2.75, 3.05) is 6.54 Å². The van der Waals surface area contributed by atoms with Crippen LogP contribution in [0, 0.1) is 10.1 Å². The van der Waals surface area contributed by atoms with Gasteiger partial charge in [-0.2, -0.15) is 0 Å². The van der Waals surface area contributed by atoms with Gasteiger partial charge in [-0.05, 0) is 11.9 Å². The third-order valence-electron chi connectivity index (χ3n) is 0.862. The average molecular weight is 202 g/mol. The Morgan fingerprint density at radius 1 is 1.64 bits per heavy atom. The zero-order valence-corrected chi connectivity index (χ0v) is 7.04. The molecule has 0 aromatic carbocycles. The summed E-state index contributed by atoms with van der Waals surface area (Å²) in [5, 5.41) is 9.43. The van der Waals surface area contributed by atoms with Gasteiger partial charge in [-0.3, -0.25) is 0 Å². The molecule has 0 spiro atoms. The summed E-state index contributed by atoms with van der Waals surface area (Å²) in [6.07, 6.45) is 0. The van der Waals surface area contributed by atoms with Crippen molar-refractivity contribution in [3.63, 3.8) is 0 Å². The molecule has 0 bridgehead atoms. The van der Waals surface area contributed by atoms with Gasteiger partial charge >= 0.3 is 6.03 Å². The lowest BCUT2D eigenvalue weighted by atomic mass is 10.7. The number of nitro groups is 1. The summed E-state index contributed by atoms with van der Waals surface area (Å²) in [5.41, 5.74) is 0. The van der Waals surface area contributed by atoms with Crippen LogP contribution < -0.4 is 0 Å². The molecule has 0 saturated heterocycles. The van der Waals surface area contributed by atoms with Gasteiger partial charge in [0.05, 0.1) is 6.54 Å². The van der Waals surface area contributed by atoms with E-state index in [1.54, 1.807) is 0 Å². The number of nitrogens with zero attached hydrogens (tertiary/aromatic N) is 3. The van der Waals surface area contributed by atoms with Crippen molar-refractivity contribution in [1.29, 1.82) is 0 Å². The van der Waals surface area contributed by atoms with Crippen molar-refractivity contribution in [2.24, 2.45) is 0 Å². The number of urea groups is 1. The highest BCUT2D eigenvalue weighted by Gasteiger charge is 2.26. The number of carbonyl (C=O) groups excluding carboxylic acids is 1. The first-order chi connectivity index (χ1) is 5.00. The fraction of sp³-hybridized carbons (Fsp3) is 0.667. The maximum atomic E-state index is 10.7. The summed E-state index contributed by atoms with van der Waals surface area (Å²) in [7, 11) is 0. The highest BCUT2D eigenvalue weighted by atomic mass is 35.5. The molecule has 0 aromatic rings. The van der Waals surface area contributed by atoms with Gasteiger partial charge in [0.25, 0.3) is 0 Å². The van der Waals surface area contributed by atoms with Crippen LogP contribution in [0.15, 0.2) is 0 Å². The molecule has 0 unspecified atom stereocenters. The maximum absolute atomic E-state index is 10.7. The van der Waals surface area contributed by atoms with Crippen LogP contribution in [0.5, 0.6) is 0 Å². The van der Waals surface area contributed by atoms with Crippen LogP contribution in [0.25, 0.3) is 0 Å². The van der Waals surface area contributed by atoms with E-state index in [2.05, 4.69) is 0 Å². The van der Waals surface area contributed by atoms with E-state index in [1.165, 1.54) is 6.92 Å². The lowest BCUT2D eigenvalue weighted by Crippen LogP contribution is -2.39. The number of amides is 2. The van der Waals surface area contributed by atoms with Crippen LogP contribution in [0.3, 0.4) is 0 Å². The van der Waals surface area contributed by atoms with Crippen LogP contribution in [-0.2, 0) is 0 Å². The monoisotopic (exact) mass is 201 g/mol. The number of hydrogen-bond acceptors (Lipinski definition) is 3. The SMILES string of the molecule is CCN(C(=O)N(Cl)Cl)[N+](=O)[O-]. The minimum absolute atomic E-state index is 0.0955. The topological polar surface area (TPSA) is 66.7 Å². The Bertz CT molecular complexity index is 173. The molecule has 0 radical (unpaired) electrons. The number of carbonyl (C=O) groups is 1. The molecule has 2 amide bonds. The Hall–Kier alpha value is -0.750. The van der Waals surface area contributed by atoms with Gasteiger partial charge in [0.1, 0.15) is 0 Å². The average Bonchev–Trinajstić information content (AvgIpc) is 1.88. The summed E-state index contributed by atoms with van der Waals surface area (Å²) >= 11 is 9.90. The fourth-order valence-electron chi connectivity index (χ4n) is 0.408. The molecule has 0 aliphatic heterocycles. The predicted molar refractivity (Wildman–Crippen MR) is 38.3 cm³/mol. The number of hydrogen-bond donors (Lipinski definition) is 0. The molecule has 0 aliphatic carbocycles. The van der Waals surface area contributed by atoms with Crippen molar-refractivity contribution in [2.45, 2.75) is 6.92 Å². The van der Waals surface area contributed by atoms with Crippen LogP contribution in [0.4, 0.5) is 4.79 Å². The molecule has 0 aromatic heterocycles.